The number of fused-ring (bicyclic) bond motifs is 1. The van der Waals surface area contributed by atoms with Crippen LogP contribution in [0, 0.1) is 5.92 Å². The van der Waals surface area contributed by atoms with Crippen molar-refractivity contribution in [3.63, 3.8) is 0 Å². The van der Waals surface area contributed by atoms with Crippen molar-refractivity contribution in [1.82, 2.24) is 0 Å². The van der Waals surface area contributed by atoms with E-state index >= 15 is 0 Å². The number of rotatable bonds is 5. The molecule has 0 saturated carbocycles. The predicted molar refractivity (Wildman–Crippen MR) is 90.6 cm³/mol. The molecule has 1 aliphatic heterocycles. The van der Waals surface area contributed by atoms with Gasteiger partial charge in [-0.15, -0.1) is 0 Å². The first-order chi connectivity index (χ1) is 11.1. The van der Waals surface area contributed by atoms with Crippen molar-refractivity contribution in [3.8, 4) is 0 Å². The molecule has 2 aromatic rings. The Labute approximate surface area is 135 Å². The van der Waals surface area contributed by atoms with Crippen LogP contribution < -0.4 is 0 Å². The molecule has 4 nitrogen and oxygen atoms in total. The van der Waals surface area contributed by atoms with Crippen molar-refractivity contribution < 1.29 is 14.7 Å². The smallest absolute Gasteiger partial charge is 0.351 e. The number of nitrogens with zero attached hydrogens (tertiary/aromatic N) is 1. The molecule has 1 heterocycles. The van der Waals surface area contributed by atoms with Gasteiger partial charge in [0.15, 0.2) is 0 Å². The average Bonchev–Trinajstić information content (AvgIpc) is 2.94. The van der Waals surface area contributed by atoms with Crippen molar-refractivity contribution in [1.29, 1.82) is 0 Å². The molecule has 0 spiro atoms. The molecule has 2 atom stereocenters. The Morgan fingerprint density at radius 1 is 1.22 bits per heavy atom. The fraction of sp³-hybridized carbons (Fsp3) is 0.368. The van der Waals surface area contributed by atoms with Gasteiger partial charge in [0.1, 0.15) is 0 Å². The summed E-state index contributed by atoms with van der Waals surface area (Å²) in [5, 5.41) is 16.2. The molecule has 3 rings (SSSR count). The highest BCUT2D eigenvalue weighted by Gasteiger charge is 2.52. The van der Waals surface area contributed by atoms with Crippen LogP contribution in [0.3, 0.4) is 0 Å². The van der Waals surface area contributed by atoms with E-state index in [1.807, 2.05) is 32.0 Å². The van der Waals surface area contributed by atoms with Crippen LogP contribution in [0.25, 0.3) is 10.8 Å². The summed E-state index contributed by atoms with van der Waals surface area (Å²) >= 11 is 0. The zero-order chi connectivity index (χ0) is 16.4. The molecule has 120 valence electrons. The summed E-state index contributed by atoms with van der Waals surface area (Å²) in [7, 11) is 0. The zero-order valence-corrected chi connectivity index (χ0v) is 13.5. The number of hydrogen-bond acceptors (Lipinski definition) is 3. The van der Waals surface area contributed by atoms with Gasteiger partial charge in [-0.25, -0.2) is 4.79 Å². The number of carboxylic acids is 1. The van der Waals surface area contributed by atoms with Crippen molar-refractivity contribution >= 4 is 22.5 Å². The van der Waals surface area contributed by atoms with Crippen LogP contribution in [0.5, 0.6) is 0 Å². The van der Waals surface area contributed by atoms with Crippen molar-refractivity contribution in [3.05, 3.63) is 48.0 Å². The second-order valence-electron chi connectivity index (χ2n) is 6.00. The Morgan fingerprint density at radius 2 is 1.96 bits per heavy atom. The molecule has 2 unspecified atom stereocenters. The van der Waals surface area contributed by atoms with E-state index in [0.717, 1.165) is 11.3 Å². The van der Waals surface area contributed by atoms with Gasteiger partial charge in [0.05, 0.1) is 11.6 Å². The number of oxime groups is 1. The summed E-state index contributed by atoms with van der Waals surface area (Å²) in [5.41, 5.74) is 0.767. The van der Waals surface area contributed by atoms with Crippen LogP contribution >= 0.6 is 0 Å². The monoisotopic (exact) mass is 311 g/mol. The van der Waals surface area contributed by atoms with Crippen LogP contribution in [0.1, 0.15) is 32.3 Å². The predicted octanol–water partition coefficient (Wildman–Crippen LogP) is 4.03. The highest BCUT2D eigenvalue weighted by molar-refractivity contribution is 5.99. The third-order valence-electron chi connectivity index (χ3n) is 4.84. The lowest BCUT2D eigenvalue weighted by molar-refractivity contribution is -0.167. The van der Waals surface area contributed by atoms with E-state index in [1.165, 1.54) is 10.8 Å². The fourth-order valence-electron chi connectivity index (χ4n) is 3.55. The fourth-order valence-corrected chi connectivity index (χ4v) is 3.55. The summed E-state index contributed by atoms with van der Waals surface area (Å²) in [5.74, 6) is -1.12. The Kier molecular flexibility index (Phi) is 4.07. The minimum absolute atomic E-state index is 0.191. The Morgan fingerprint density at radius 3 is 2.65 bits per heavy atom. The van der Waals surface area contributed by atoms with Gasteiger partial charge in [-0.2, -0.15) is 0 Å². The number of aliphatic carboxylic acids is 1. The van der Waals surface area contributed by atoms with Crippen LogP contribution in [0.4, 0.5) is 0 Å². The largest absolute Gasteiger partial charge is 0.478 e. The topological polar surface area (TPSA) is 58.9 Å². The maximum Gasteiger partial charge on any atom is 0.351 e. The summed E-state index contributed by atoms with van der Waals surface area (Å²) in [6.45, 7) is 3.83. The van der Waals surface area contributed by atoms with E-state index in [2.05, 4.69) is 29.4 Å². The van der Waals surface area contributed by atoms with E-state index in [1.54, 1.807) is 0 Å². The summed E-state index contributed by atoms with van der Waals surface area (Å²) in [4.78, 5) is 17.2. The molecular weight excluding hydrogens is 290 g/mol. The number of benzene rings is 2. The van der Waals surface area contributed by atoms with E-state index < -0.39 is 11.6 Å². The summed E-state index contributed by atoms with van der Waals surface area (Å²) < 4.78 is 0. The Balaban J connectivity index is 1.95. The molecule has 1 N–H and O–H groups in total. The molecule has 0 amide bonds. The van der Waals surface area contributed by atoms with Gasteiger partial charge in [0.2, 0.25) is 5.60 Å². The second-order valence-corrected chi connectivity index (χ2v) is 6.00. The summed E-state index contributed by atoms with van der Waals surface area (Å²) in [6.07, 6.45) is 1.72. The van der Waals surface area contributed by atoms with E-state index in [9.17, 15) is 9.90 Å². The number of hydrogen-bond donors (Lipinski definition) is 1. The molecule has 0 bridgehead atoms. The van der Waals surface area contributed by atoms with Gasteiger partial charge in [-0.3, -0.25) is 0 Å². The maximum atomic E-state index is 11.7. The van der Waals surface area contributed by atoms with Crippen LogP contribution in [0.2, 0.25) is 0 Å². The highest BCUT2D eigenvalue weighted by Crippen LogP contribution is 2.37. The van der Waals surface area contributed by atoms with Gasteiger partial charge in [-0.05, 0) is 29.2 Å². The lowest BCUT2D eigenvalue weighted by atomic mass is 9.79. The second kappa shape index (κ2) is 6.03. The average molecular weight is 311 g/mol. The van der Waals surface area contributed by atoms with Crippen LogP contribution in [0.15, 0.2) is 47.6 Å². The van der Waals surface area contributed by atoms with Crippen LogP contribution in [-0.4, -0.2) is 22.4 Å². The first kappa shape index (κ1) is 15.5. The van der Waals surface area contributed by atoms with Gasteiger partial charge in [0, 0.05) is 6.42 Å². The van der Waals surface area contributed by atoms with Gasteiger partial charge < -0.3 is 9.94 Å². The molecule has 0 radical (unpaired) electrons. The van der Waals surface area contributed by atoms with E-state index in [0.29, 0.717) is 19.3 Å². The minimum Gasteiger partial charge on any atom is -0.478 e. The first-order valence-electron chi connectivity index (χ1n) is 8.07. The van der Waals surface area contributed by atoms with Crippen molar-refractivity contribution in [2.75, 3.05) is 0 Å². The molecule has 2 aromatic carbocycles. The van der Waals surface area contributed by atoms with E-state index in [-0.39, 0.29) is 5.92 Å². The quantitative estimate of drug-likeness (QED) is 0.907. The maximum absolute atomic E-state index is 11.7. The first-order valence-corrected chi connectivity index (χ1v) is 8.07. The lowest BCUT2D eigenvalue weighted by Crippen LogP contribution is -2.46. The molecule has 0 aliphatic carbocycles. The number of carboxylic acid groups (broad SMARTS) is 1. The Hall–Kier alpha value is -2.36. The molecule has 1 aliphatic rings. The third-order valence-corrected chi connectivity index (χ3v) is 4.84. The molecule has 4 heteroatoms. The third kappa shape index (κ3) is 2.48. The van der Waals surface area contributed by atoms with Crippen molar-refractivity contribution in [2.45, 2.75) is 38.7 Å². The molecule has 23 heavy (non-hydrogen) atoms. The van der Waals surface area contributed by atoms with Gasteiger partial charge >= 0.3 is 5.97 Å². The molecule has 0 fully saturated rings. The SMILES string of the molecule is CCC1C(Cc2cccc3ccccc23)=NOC1(CC)C(=O)O. The van der Waals surface area contributed by atoms with E-state index in [4.69, 9.17) is 4.84 Å². The molecular formula is C19H21NO3. The molecule has 0 saturated heterocycles. The highest BCUT2D eigenvalue weighted by atomic mass is 16.7. The zero-order valence-electron chi connectivity index (χ0n) is 13.5. The summed E-state index contributed by atoms with van der Waals surface area (Å²) in [6, 6.07) is 14.4. The van der Waals surface area contributed by atoms with Crippen molar-refractivity contribution in [2.24, 2.45) is 11.1 Å². The Bertz CT molecular complexity index is 763. The molecule has 0 aromatic heterocycles. The number of carbonyl (C=O) groups is 1. The normalized spacial score (nSPS) is 23.6. The van der Waals surface area contributed by atoms with Crippen LogP contribution in [-0.2, 0) is 16.1 Å². The minimum atomic E-state index is -1.21. The lowest BCUT2D eigenvalue weighted by Gasteiger charge is -2.27. The van der Waals surface area contributed by atoms with Gasteiger partial charge in [-0.1, -0.05) is 61.5 Å². The standard InChI is InChI=1S/C19H21NO3/c1-3-16-17(20-23-19(16,4-2)18(21)22)12-14-10-7-9-13-8-5-6-11-15(13)14/h5-11,16H,3-4,12H2,1-2H3,(H,21,22). The van der Waals surface area contributed by atoms with Gasteiger partial charge in [0.25, 0.3) is 0 Å².